The van der Waals surface area contributed by atoms with E-state index in [9.17, 15) is 0 Å². The first kappa shape index (κ1) is 12.0. The first-order valence-electron chi connectivity index (χ1n) is 5.89. The van der Waals surface area contributed by atoms with Gasteiger partial charge in [0.15, 0.2) is 0 Å². The molecule has 2 nitrogen and oxygen atoms in total. The van der Waals surface area contributed by atoms with E-state index in [4.69, 9.17) is 4.74 Å². The molecule has 0 radical (unpaired) electrons. The Kier molecular flexibility index (Phi) is 4.39. The predicted molar refractivity (Wildman–Crippen MR) is 60.5 cm³/mol. The molecule has 0 spiro atoms. The van der Waals surface area contributed by atoms with Crippen LogP contribution in [-0.2, 0) is 4.74 Å². The van der Waals surface area contributed by atoms with Crippen LogP contribution < -0.4 is 5.32 Å². The second kappa shape index (κ2) is 5.13. The van der Waals surface area contributed by atoms with E-state index in [1.807, 2.05) is 0 Å². The first-order chi connectivity index (χ1) is 6.58. The molecule has 1 aliphatic heterocycles. The highest BCUT2D eigenvalue weighted by Gasteiger charge is 2.37. The molecule has 0 aliphatic carbocycles. The van der Waals surface area contributed by atoms with Crippen molar-refractivity contribution < 1.29 is 4.74 Å². The van der Waals surface area contributed by atoms with Gasteiger partial charge in [-0.25, -0.2) is 0 Å². The Morgan fingerprint density at radius 3 is 2.50 bits per heavy atom. The van der Waals surface area contributed by atoms with Crippen LogP contribution in [0.25, 0.3) is 0 Å². The van der Waals surface area contributed by atoms with Crippen LogP contribution in [0.4, 0.5) is 0 Å². The molecule has 1 fully saturated rings. The Balaban J connectivity index is 2.43. The van der Waals surface area contributed by atoms with E-state index in [2.05, 4.69) is 33.1 Å². The molecule has 2 unspecified atom stereocenters. The number of rotatable bonds is 5. The molecule has 0 saturated carbocycles. The van der Waals surface area contributed by atoms with Gasteiger partial charge in [0.2, 0.25) is 0 Å². The number of ether oxygens (including phenoxy) is 1. The van der Waals surface area contributed by atoms with Gasteiger partial charge in [-0.05, 0) is 45.6 Å². The summed E-state index contributed by atoms with van der Waals surface area (Å²) in [4.78, 5) is 0. The van der Waals surface area contributed by atoms with Crippen molar-refractivity contribution in [2.75, 3.05) is 13.7 Å². The van der Waals surface area contributed by atoms with Crippen LogP contribution in [0.3, 0.4) is 0 Å². The van der Waals surface area contributed by atoms with Crippen molar-refractivity contribution in [1.82, 2.24) is 5.32 Å². The monoisotopic (exact) mass is 199 g/mol. The van der Waals surface area contributed by atoms with Crippen molar-refractivity contribution in [3.05, 3.63) is 0 Å². The van der Waals surface area contributed by atoms with Gasteiger partial charge in [-0.2, -0.15) is 0 Å². The zero-order valence-electron chi connectivity index (χ0n) is 10.1. The summed E-state index contributed by atoms with van der Waals surface area (Å²) >= 11 is 0. The number of hydrogen-bond donors (Lipinski definition) is 1. The highest BCUT2D eigenvalue weighted by atomic mass is 16.5. The largest absolute Gasteiger partial charge is 0.374 e. The molecule has 1 rings (SSSR count). The van der Waals surface area contributed by atoms with Crippen LogP contribution in [0.5, 0.6) is 0 Å². The Bertz CT molecular complexity index is 162. The van der Waals surface area contributed by atoms with Gasteiger partial charge in [-0.1, -0.05) is 13.8 Å². The molecule has 0 aromatic rings. The molecule has 0 bridgehead atoms. The van der Waals surface area contributed by atoms with E-state index in [0.717, 1.165) is 12.5 Å². The average Bonchev–Trinajstić information content (AvgIpc) is 2.53. The van der Waals surface area contributed by atoms with E-state index in [1.54, 1.807) is 0 Å². The molecule has 0 aromatic heterocycles. The molecule has 1 N–H and O–H groups in total. The van der Waals surface area contributed by atoms with Gasteiger partial charge < -0.3 is 10.1 Å². The quantitative estimate of drug-likeness (QED) is 0.735. The van der Waals surface area contributed by atoms with E-state index < -0.39 is 0 Å². The minimum atomic E-state index is 0.0869. The lowest BCUT2D eigenvalue weighted by molar-refractivity contribution is -0.0130. The molecular formula is C12H25NO. The summed E-state index contributed by atoms with van der Waals surface area (Å²) in [6.07, 6.45) is 4.93. The highest BCUT2D eigenvalue weighted by Crippen LogP contribution is 2.31. The fraction of sp³-hybridized carbons (Fsp3) is 1.00. The van der Waals surface area contributed by atoms with Gasteiger partial charge >= 0.3 is 0 Å². The van der Waals surface area contributed by atoms with E-state index in [1.165, 1.54) is 25.7 Å². The lowest BCUT2D eigenvalue weighted by Crippen LogP contribution is -2.47. The smallest absolute Gasteiger partial charge is 0.0807 e. The van der Waals surface area contributed by atoms with Gasteiger partial charge in [0.25, 0.3) is 0 Å². The zero-order chi connectivity index (χ0) is 10.6. The van der Waals surface area contributed by atoms with Gasteiger partial charge in [-0.3, -0.25) is 0 Å². The molecular weight excluding hydrogens is 174 g/mol. The molecule has 1 aliphatic rings. The SMILES string of the molecule is CNC(CCC(C)C)C1(C)CCCO1. The molecule has 0 amide bonds. The molecule has 1 heterocycles. The lowest BCUT2D eigenvalue weighted by Gasteiger charge is -2.33. The standard InChI is InChI=1S/C12H25NO/c1-10(2)6-7-11(13-4)12(3)8-5-9-14-12/h10-11,13H,5-9H2,1-4H3. The summed E-state index contributed by atoms with van der Waals surface area (Å²) in [6.45, 7) is 7.76. The molecule has 0 aromatic carbocycles. The highest BCUT2D eigenvalue weighted by molar-refractivity contribution is 4.91. The maximum Gasteiger partial charge on any atom is 0.0807 e. The predicted octanol–water partition coefficient (Wildman–Crippen LogP) is 2.58. The van der Waals surface area contributed by atoms with Gasteiger partial charge in [0.05, 0.1) is 5.60 Å². The summed E-state index contributed by atoms with van der Waals surface area (Å²) in [5, 5.41) is 3.41. The maximum atomic E-state index is 5.86. The summed E-state index contributed by atoms with van der Waals surface area (Å²) in [7, 11) is 2.05. The van der Waals surface area contributed by atoms with Crippen LogP contribution in [-0.4, -0.2) is 25.3 Å². The first-order valence-corrected chi connectivity index (χ1v) is 5.89. The van der Waals surface area contributed by atoms with Crippen molar-refractivity contribution in [3.63, 3.8) is 0 Å². The van der Waals surface area contributed by atoms with Crippen LogP contribution in [0, 0.1) is 5.92 Å². The maximum absolute atomic E-state index is 5.86. The number of hydrogen-bond acceptors (Lipinski definition) is 2. The Morgan fingerprint density at radius 1 is 1.36 bits per heavy atom. The van der Waals surface area contributed by atoms with E-state index in [0.29, 0.717) is 6.04 Å². The Labute approximate surface area is 88.4 Å². The second-order valence-electron chi connectivity index (χ2n) is 5.08. The normalized spacial score (nSPS) is 29.8. The van der Waals surface area contributed by atoms with Gasteiger partial charge in [-0.15, -0.1) is 0 Å². The van der Waals surface area contributed by atoms with Crippen molar-refractivity contribution in [1.29, 1.82) is 0 Å². The topological polar surface area (TPSA) is 21.3 Å². The summed E-state index contributed by atoms with van der Waals surface area (Å²) < 4.78 is 5.86. The van der Waals surface area contributed by atoms with Crippen LogP contribution in [0.2, 0.25) is 0 Å². The Hall–Kier alpha value is -0.0800. The fourth-order valence-corrected chi connectivity index (χ4v) is 2.33. The minimum absolute atomic E-state index is 0.0869. The second-order valence-corrected chi connectivity index (χ2v) is 5.08. The Morgan fingerprint density at radius 2 is 2.07 bits per heavy atom. The third-order valence-electron chi connectivity index (χ3n) is 3.37. The summed E-state index contributed by atoms with van der Waals surface area (Å²) in [5.41, 5.74) is 0.0869. The summed E-state index contributed by atoms with van der Waals surface area (Å²) in [6, 6.07) is 0.521. The third kappa shape index (κ3) is 2.96. The zero-order valence-corrected chi connectivity index (χ0v) is 10.1. The van der Waals surface area contributed by atoms with Crippen LogP contribution in [0.1, 0.15) is 46.5 Å². The van der Waals surface area contributed by atoms with Gasteiger partial charge in [0, 0.05) is 12.6 Å². The molecule has 1 saturated heterocycles. The van der Waals surface area contributed by atoms with Crippen molar-refractivity contribution in [2.24, 2.45) is 5.92 Å². The number of nitrogens with one attached hydrogen (secondary N) is 1. The van der Waals surface area contributed by atoms with Crippen molar-refractivity contribution in [2.45, 2.75) is 58.1 Å². The molecule has 84 valence electrons. The third-order valence-corrected chi connectivity index (χ3v) is 3.37. The molecule has 2 atom stereocenters. The lowest BCUT2D eigenvalue weighted by atomic mass is 9.88. The van der Waals surface area contributed by atoms with Crippen molar-refractivity contribution in [3.8, 4) is 0 Å². The molecule has 2 heteroatoms. The van der Waals surface area contributed by atoms with E-state index in [-0.39, 0.29) is 5.60 Å². The van der Waals surface area contributed by atoms with Crippen molar-refractivity contribution >= 4 is 0 Å². The minimum Gasteiger partial charge on any atom is -0.374 e. The van der Waals surface area contributed by atoms with Crippen LogP contribution >= 0.6 is 0 Å². The number of likely N-dealkylation sites (N-methyl/N-ethyl adjacent to an activating group) is 1. The average molecular weight is 199 g/mol. The van der Waals surface area contributed by atoms with E-state index >= 15 is 0 Å². The molecule has 14 heavy (non-hydrogen) atoms. The van der Waals surface area contributed by atoms with Crippen LogP contribution in [0.15, 0.2) is 0 Å². The summed E-state index contributed by atoms with van der Waals surface area (Å²) in [5.74, 6) is 0.788. The fourth-order valence-electron chi connectivity index (χ4n) is 2.33. The van der Waals surface area contributed by atoms with Gasteiger partial charge in [0.1, 0.15) is 0 Å².